The van der Waals surface area contributed by atoms with Crippen LogP contribution in [0.4, 0.5) is 4.39 Å². The summed E-state index contributed by atoms with van der Waals surface area (Å²) in [5.74, 6) is 8.65. The molecule has 5 aromatic carbocycles. The third-order valence-electron chi connectivity index (χ3n) is 11.2. The summed E-state index contributed by atoms with van der Waals surface area (Å²) < 4.78 is 24.0. The fourth-order valence-electron chi connectivity index (χ4n) is 8.28. The topological polar surface area (TPSA) is 56.7 Å². The molecule has 0 spiro atoms. The van der Waals surface area contributed by atoms with E-state index in [1.165, 1.54) is 33.9 Å². The molecule has 9 aromatic rings. The van der Waals surface area contributed by atoms with Gasteiger partial charge in [-0.3, -0.25) is 4.98 Å². The van der Waals surface area contributed by atoms with Crippen molar-refractivity contribution < 1.29 is 28.9 Å². The summed E-state index contributed by atoms with van der Waals surface area (Å²) in [5, 5.41) is 1.62. The minimum absolute atomic E-state index is 0. The van der Waals surface area contributed by atoms with E-state index in [1.54, 1.807) is 10.5 Å². The Morgan fingerprint density at radius 3 is 2.06 bits per heavy atom. The van der Waals surface area contributed by atoms with Gasteiger partial charge in [0, 0.05) is 31.2 Å². The van der Waals surface area contributed by atoms with E-state index in [-0.39, 0.29) is 37.7 Å². The van der Waals surface area contributed by atoms with Gasteiger partial charge in [-0.15, -0.1) is 18.2 Å². The molecule has 4 heterocycles. The van der Waals surface area contributed by atoms with Gasteiger partial charge in [-0.05, 0) is 70.5 Å². The molecule has 0 amide bonds. The van der Waals surface area contributed by atoms with Gasteiger partial charge >= 0.3 is 126 Å². The fraction of sp³-hybridized carbons (Fsp3) is 0.241. The molecule has 0 unspecified atom stereocenters. The third kappa shape index (κ3) is 9.13. The van der Waals surface area contributed by atoms with Crippen molar-refractivity contribution in [1.82, 2.24) is 19.5 Å². The maximum Gasteiger partial charge on any atom is 0.218 e. The van der Waals surface area contributed by atoms with Crippen LogP contribution in [0.2, 0.25) is 17.3 Å². The minimum atomic E-state index is -1.86. The summed E-state index contributed by atoms with van der Waals surface area (Å²) in [6.45, 7) is 13.5. The number of halogens is 1. The maximum atomic E-state index is 14.0. The number of hydrogen-bond acceptors (Lipinski definition) is 4. The Balaban J connectivity index is 0.000000233. The Labute approximate surface area is 381 Å². The van der Waals surface area contributed by atoms with Crippen molar-refractivity contribution in [2.24, 2.45) is 5.92 Å². The van der Waals surface area contributed by atoms with Crippen molar-refractivity contribution in [3.63, 3.8) is 0 Å². The smallest absolute Gasteiger partial charge is 0.218 e. The summed E-state index contributed by atoms with van der Waals surface area (Å²) in [4.78, 5) is 13.9. The predicted octanol–water partition coefficient (Wildman–Crippen LogP) is 14.1. The van der Waals surface area contributed by atoms with Crippen molar-refractivity contribution in [2.45, 2.75) is 77.1 Å². The SMILES string of the molecule is CC(C)Cc1cc(-c2[c-]cccc2)nc[c]1[Ge]([CH3])([CH3])[CH3].CC(C)c1cc(-c2ccccc2)cc(C(C)C)c1-n1c(-c2[c-]ccc3c2oc2nc(F)ccc23)nc2ccccc21.[Ir]. The van der Waals surface area contributed by atoms with Gasteiger partial charge in [-0.25, -0.2) is 0 Å². The molecule has 8 heteroatoms. The van der Waals surface area contributed by atoms with Crippen LogP contribution in [0, 0.1) is 24.0 Å². The van der Waals surface area contributed by atoms with Crippen molar-refractivity contribution >= 4 is 50.8 Å². The van der Waals surface area contributed by atoms with E-state index in [9.17, 15) is 4.39 Å². The summed E-state index contributed by atoms with van der Waals surface area (Å²) in [6.07, 6.45) is 3.27. The number of aromatic nitrogens is 4. The molecule has 0 aliphatic heterocycles. The normalized spacial score (nSPS) is 11.8. The molecule has 0 saturated heterocycles. The number of rotatable bonds is 9. The predicted molar refractivity (Wildman–Crippen MR) is 254 cm³/mol. The second-order valence-corrected chi connectivity index (χ2v) is 28.5. The van der Waals surface area contributed by atoms with Crippen LogP contribution in [0.25, 0.3) is 72.6 Å². The van der Waals surface area contributed by atoms with E-state index in [0.29, 0.717) is 17.1 Å². The first kappa shape index (κ1) is 44.8. The number of imidazole rings is 1. The molecular formula is C54H53FGeIrN4O-2. The van der Waals surface area contributed by atoms with E-state index < -0.39 is 19.2 Å². The van der Waals surface area contributed by atoms with Gasteiger partial charge in [-0.2, -0.15) is 9.37 Å². The number of furan rings is 1. The molecule has 0 N–H and O–H groups in total. The molecule has 0 aliphatic rings. The van der Waals surface area contributed by atoms with Crippen LogP contribution in [-0.4, -0.2) is 32.8 Å². The van der Waals surface area contributed by atoms with Gasteiger partial charge in [0.15, 0.2) is 0 Å². The Morgan fingerprint density at radius 1 is 0.710 bits per heavy atom. The molecule has 9 rings (SSSR count). The van der Waals surface area contributed by atoms with Crippen LogP contribution < -0.4 is 4.40 Å². The van der Waals surface area contributed by atoms with Gasteiger partial charge in [0.05, 0.1) is 22.4 Å². The Bertz CT molecular complexity index is 2960. The monoisotopic (exact) mass is 1060 g/mol. The van der Waals surface area contributed by atoms with E-state index in [2.05, 4.69) is 141 Å². The van der Waals surface area contributed by atoms with Gasteiger partial charge in [0.25, 0.3) is 0 Å². The first-order valence-corrected chi connectivity index (χ1v) is 28.7. The molecule has 0 saturated carbocycles. The van der Waals surface area contributed by atoms with Crippen molar-refractivity contribution in [2.75, 3.05) is 0 Å². The summed E-state index contributed by atoms with van der Waals surface area (Å²) >= 11 is -1.86. The fourth-order valence-corrected chi connectivity index (χ4v) is 11.6. The van der Waals surface area contributed by atoms with E-state index in [1.807, 2.05) is 54.6 Å². The molecule has 5 nitrogen and oxygen atoms in total. The number of hydrogen-bond donors (Lipinski definition) is 0. The molecule has 0 fully saturated rings. The molecule has 4 aromatic heterocycles. The van der Waals surface area contributed by atoms with E-state index in [4.69, 9.17) is 14.4 Å². The van der Waals surface area contributed by atoms with Crippen molar-refractivity contribution in [3.8, 4) is 39.5 Å². The van der Waals surface area contributed by atoms with Gasteiger partial charge in [0.1, 0.15) is 0 Å². The molecule has 0 aliphatic carbocycles. The van der Waals surface area contributed by atoms with Crippen molar-refractivity contribution in [1.29, 1.82) is 0 Å². The summed E-state index contributed by atoms with van der Waals surface area (Å²) in [5.41, 5.74) is 13.1. The van der Waals surface area contributed by atoms with Crippen LogP contribution >= 0.6 is 0 Å². The van der Waals surface area contributed by atoms with Crippen LogP contribution in [0.15, 0.2) is 132 Å². The van der Waals surface area contributed by atoms with Crippen LogP contribution in [-0.2, 0) is 26.5 Å². The van der Waals surface area contributed by atoms with Crippen LogP contribution in [0.5, 0.6) is 0 Å². The number of fused-ring (bicyclic) bond motifs is 4. The average Bonchev–Trinajstić information content (AvgIpc) is 3.81. The average molecular weight is 1060 g/mol. The molecule has 0 atom stereocenters. The number of nitrogens with zero attached hydrogens (tertiary/aromatic N) is 4. The number of benzene rings is 5. The zero-order valence-electron chi connectivity index (χ0n) is 37.0. The second kappa shape index (κ2) is 18.6. The molecule has 0 bridgehead atoms. The number of pyridine rings is 2. The molecule has 62 heavy (non-hydrogen) atoms. The summed E-state index contributed by atoms with van der Waals surface area (Å²) in [6, 6.07) is 47.3. The van der Waals surface area contributed by atoms with Gasteiger partial charge < -0.3 is 8.98 Å². The maximum absolute atomic E-state index is 14.0. The minimum Gasteiger partial charge on any atom is -0.486 e. The van der Waals surface area contributed by atoms with Crippen molar-refractivity contribution in [3.05, 3.63) is 162 Å². The van der Waals surface area contributed by atoms with Crippen LogP contribution in [0.1, 0.15) is 70.1 Å². The zero-order chi connectivity index (χ0) is 43.0. The quantitative estimate of drug-likeness (QED) is 0.0821. The standard InChI is InChI=1S/C36H29FN3O.C18H24GeN.Ir/c1-21(2)28-19-24(23-11-6-5-7-12-23)20-29(22(3)4)33(28)40-31-16-9-8-15-30(31)38-35(40)27-14-10-13-25-26-17-18-32(37)39-36(26)41-34(25)27;1-14(2)11-16-12-18(15-9-7-6-8-10-15)20-13-17(16)19(3,4)5;/h5-13,15-22H,1-4H3;6-9,12-14H,11H2,1-5H3;/q2*-1;. The zero-order valence-corrected chi connectivity index (χ0v) is 41.5. The van der Waals surface area contributed by atoms with Crippen LogP contribution in [0.3, 0.4) is 0 Å². The third-order valence-corrected chi connectivity index (χ3v) is 15.5. The van der Waals surface area contributed by atoms with E-state index in [0.717, 1.165) is 51.0 Å². The first-order chi connectivity index (χ1) is 29.3. The van der Waals surface area contributed by atoms with Gasteiger partial charge in [0.2, 0.25) is 11.7 Å². The Hall–Kier alpha value is -5.21. The summed E-state index contributed by atoms with van der Waals surface area (Å²) in [7, 11) is 0. The molecular weight excluding hydrogens is 1000 g/mol. The number of para-hydroxylation sites is 2. The largest absolute Gasteiger partial charge is 0.486 e. The molecule has 317 valence electrons. The second-order valence-electron chi connectivity index (χ2n) is 18.0. The van der Waals surface area contributed by atoms with E-state index >= 15 is 0 Å². The Kier molecular flexibility index (Phi) is 13.5. The Morgan fingerprint density at radius 2 is 1.40 bits per heavy atom. The first-order valence-electron chi connectivity index (χ1n) is 21.4. The van der Waals surface area contributed by atoms with Gasteiger partial charge in [-0.1, -0.05) is 81.1 Å². The molecule has 1 radical (unpaired) electrons.